The molecular weight excluding hydrogens is 314 g/mol. The molecule has 0 spiro atoms. The van der Waals surface area contributed by atoms with Gasteiger partial charge in [0.15, 0.2) is 5.69 Å². The van der Waals surface area contributed by atoms with E-state index in [0.29, 0.717) is 11.7 Å². The van der Waals surface area contributed by atoms with Gasteiger partial charge >= 0.3 is 0 Å². The van der Waals surface area contributed by atoms with E-state index in [1.165, 1.54) is 51.6 Å². The molecule has 6 nitrogen and oxygen atoms in total. The molecule has 0 radical (unpaired) electrons. The minimum atomic E-state index is 0.0543. The van der Waals surface area contributed by atoms with Gasteiger partial charge in [0.2, 0.25) is 0 Å². The summed E-state index contributed by atoms with van der Waals surface area (Å²) >= 11 is 0. The molecule has 3 heterocycles. The van der Waals surface area contributed by atoms with Crippen LogP contribution in [0.25, 0.3) is 0 Å². The molecule has 2 aliphatic heterocycles. The van der Waals surface area contributed by atoms with Crippen molar-refractivity contribution in [1.29, 1.82) is 0 Å². The van der Waals surface area contributed by atoms with Gasteiger partial charge in [-0.1, -0.05) is 24.5 Å². The quantitative estimate of drug-likeness (QED) is 0.842. The Labute approximate surface area is 150 Å². The smallest absolute Gasteiger partial charge is 0.276 e. The molecule has 3 aliphatic rings. The van der Waals surface area contributed by atoms with Crippen LogP contribution in [0.3, 0.4) is 0 Å². The first-order chi connectivity index (χ1) is 12.3. The van der Waals surface area contributed by atoms with Crippen LogP contribution in [-0.2, 0) is 0 Å². The number of carbonyl (C=O) groups excluding carboxylic acids is 1. The normalized spacial score (nSPS) is 26.2. The van der Waals surface area contributed by atoms with Gasteiger partial charge in [0.1, 0.15) is 0 Å². The van der Waals surface area contributed by atoms with E-state index in [2.05, 4.69) is 15.2 Å². The minimum absolute atomic E-state index is 0.0543. The molecule has 138 valence electrons. The van der Waals surface area contributed by atoms with Crippen molar-refractivity contribution >= 4 is 5.91 Å². The second-order valence-corrected chi connectivity index (χ2v) is 8.14. The third-order valence-electron chi connectivity index (χ3n) is 6.22. The number of likely N-dealkylation sites (tertiary alicyclic amines) is 2. The highest BCUT2D eigenvalue weighted by Gasteiger charge is 2.27. The maximum absolute atomic E-state index is 12.5. The van der Waals surface area contributed by atoms with Gasteiger partial charge in [0, 0.05) is 26.2 Å². The lowest BCUT2D eigenvalue weighted by Crippen LogP contribution is -2.40. The fourth-order valence-corrected chi connectivity index (χ4v) is 4.78. The van der Waals surface area contributed by atoms with Crippen molar-refractivity contribution in [2.24, 2.45) is 5.92 Å². The maximum atomic E-state index is 12.5. The number of nitrogens with zero attached hydrogens (tertiary/aromatic N) is 5. The maximum Gasteiger partial charge on any atom is 0.276 e. The van der Waals surface area contributed by atoms with Gasteiger partial charge in [-0.15, -0.1) is 5.10 Å². The lowest BCUT2D eigenvalue weighted by atomic mass is 9.88. The molecule has 1 aromatic rings. The van der Waals surface area contributed by atoms with Crippen molar-refractivity contribution < 1.29 is 4.79 Å². The molecular formula is C19H31N5O. The highest BCUT2D eigenvalue weighted by Crippen LogP contribution is 2.27. The summed E-state index contributed by atoms with van der Waals surface area (Å²) in [5.41, 5.74) is 0.520. The van der Waals surface area contributed by atoms with E-state index in [9.17, 15) is 4.79 Å². The third-order valence-corrected chi connectivity index (χ3v) is 6.22. The molecule has 1 atom stereocenters. The molecule has 2 saturated heterocycles. The lowest BCUT2D eigenvalue weighted by Gasteiger charge is -2.35. The van der Waals surface area contributed by atoms with Gasteiger partial charge < -0.3 is 9.80 Å². The van der Waals surface area contributed by atoms with Gasteiger partial charge in [-0.05, 0) is 51.0 Å². The summed E-state index contributed by atoms with van der Waals surface area (Å²) in [6.07, 6.45) is 13.5. The Morgan fingerprint density at radius 2 is 1.80 bits per heavy atom. The Balaban J connectivity index is 1.35. The van der Waals surface area contributed by atoms with Gasteiger partial charge in [-0.25, -0.2) is 4.68 Å². The van der Waals surface area contributed by atoms with Crippen molar-refractivity contribution in [3.63, 3.8) is 0 Å². The predicted molar refractivity (Wildman–Crippen MR) is 96.4 cm³/mol. The van der Waals surface area contributed by atoms with Crippen LogP contribution in [0.5, 0.6) is 0 Å². The molecule has 3 fully saturated rings. The van der Waals surface area contributed by atoms with E-state index in [4.69, 9.17) is 0 Å². The summed E-state index contributed by atoms with van der Waals surface area (Å²) in [7, 11) is 0. The van der Waals surface area contributed by atoms with E-state index in [-0.39, 0.29) is 5.91 Å². The van der Waals surface area contributed by atoms with E-state index in [0.717, 1.165) is 44.8 Å². The molecule has 25 heavy (non-hydrogen) atoms. The van der Waals surface area contributed by atoms with Crippen LogP contribution in [0.4, 0.5) is 0 Å². The molecule has 0 aromatic carbocycles. The largest absolute Gasteiger partial charge is 0.337 e. The average molecular weight is 345 g/mol. The molecule has 0 bridgehead atoms. The first-order valence-electron chi connectivity index (χ1n) is 10.2. The monoisotopic (exact) mass is 345 g/mol. The van der Waals surface area contributed by atoms with Crippen molar-refractivity contribution in [1.82, 2.24) is 24.8 Å². The van der Waals surface area contributed by atoms with E-state index < -0.39 is 0 Å². The first kappa shape index (κ1) is 17.0. The van der Waals surface area contributed by atoms with Gasteiger partial charge in [-0.2, -0.15) is 0 Å². The first-order valence-corrected chi connectivity index (χ1v) is 10.2. The number of rotatable bonds is 4. The van der Waals surface area contributed by atoms with Crippen LogP contribution in [0, 0.1) is 5.92 Å². The van der Waals surface area contributed by atoms with Gasteiger partial charge in [0.25, 0.3) is 5.91 Å². The van der Waals surface area contributed by atoms with Crippen LogP contribution in [-0.4, -0.2) is 63.4 Å². The molecule has 1 amide bonds. The summed E-state index contributed by atoms with van der Waals surface area (Å²) in [5.74, 6) is 0.939. The van der Waals surface area contributed by atoms with Gasteiger partial charge in [-0.3, -0.25) is 4.79 Å². The lowest BCUT2D eigenvalue weighted by molar-refractivity contribution is 0.0787. The average Bonchev–Trinajstić information content (AvgIpc) is 3.34. The standard InChI is InChI=1S/C19H31N5O/c25-19(23-11-4-5-12-23)18-15-24(21-20-18)17-9-6-10-22(14-17)13-16-7-2-1-3-8-16/h15-17H,1-14H2. The second kappa shape index (κ2) is 7.85. The predicted octanol–water partition coefficient (Wildman–Crippen LogP) is 2.73. The fraction of sp³-hybridized carbons (Fsp3) is 0.842. The van der Waals surface area contributed by atoms with Crippen LogP contribution in [0.15, 0.2) is 6.20 Å². The van der Waals surface area contributed by atoms with Crippen LogP contribution in [0.1, 0.15) is 74.3 Å². The van der Waals surface area contributed by atoms with E-state index in [1.807, 2.05) is 15.8 Å². The molecule has 1 saturated carbocycles. The number of piperidine rings is 1. The molecule has 0 N–H and O–H groups in total. The third kappa shape index (κ3) is 4.05. The van der Waals surface area contributed by atoms with E-state index in [1.54, 1.807) is 0 Å². The van der Waals surface area contributed by atoms with Crippen molar-refractivity contribution in [2.75, 3.05) is 32.7 Å². The molecule has 1 aliphatic carbocycles. The zero-order valence-corrected chi connectivity index (χ0v) is 15.3. The Bertz CT molecular complexity index is 574. The topological polar surface area (TPSA) is 54.3 Å². The number of hydrogen-bond acceptors (Lipinski definition) is 4. The molecule has 4 rings (SSSR count). The zero-order valence-electron chi connectivity index (χ0n) is 15.3. The summed E-state index contributed by atoms with van der Waals surface area (Å²) in [6.45, 7) is 5.23. The Morgan fingerprint density at radius 1 is 1.00 bits per heavy atom. The fourth-order valence-electron chi connectivity index (χ4n) is 4.78. The molecule has 1 unspecified atom stereocenters. The summed E-state index contributed by atoms with van der Waals surface area (Å²) < 4.78 is 1.95. The second-order valence-electron chi connectivity index (χ2n) is 8.14. The number of amides is 1. The van der Waals surface area contributed by atoms with Crippen LogP contribution < -0.4 is 0 Å². The van der Waals surface area contributed by atoms with E-state index >= 15 is 0 Å². The highest BCUT2D eigenvalue weighted by molar-refractivity contribution is 5.92. The van der Waals surface area contributed by atoms with Crippen molar-refractivity contribution in [3.8, 4) is 0 Å². The van der Waals surface area contributed by atoms with Gasteiger partial charge in [0.05, 0.1) is 12.2 Å². The molecule has 6 heteroatoms. The minimum Gasteiger partial charge on any atom is -0.337 e. The highest BCUT2D eigenvalue weighted by atomic mass is 16.2. The van der Waals surface area contributed by atoms with Crippen molar-refractivity contribution in [3.05, 3.63) is 11.9 Å². The summed E-state index contributed by atoms with van der Waals surface area (Å²) in [6, 6.07) is 0.366. The zero-order chi connectivity index (χ0) is 17.1. The Hall–Kier alpha value is -1.43. The van der Waals surface area contributed by atoms with Crippen molar-refractivity contribution in [2.45, 2.75) is 63.8 Å². The SMILES string of the molecule is O=C(c1cn(C2CCCN(CC3CCCCC3)C2)nn1)N1CCCC1. The van der Waals surface area contributed by atoms with Crippen LogP contribution >= 0.6 is 0 Å². The number of aromatic nitrogens is 3. The number of carbonyl (C=O) groups is 1. The molecule has 1 aromatic heterocycles. The van der Waals surface area contributed by atoms with Crippen LogP contribution in [0.2, 0.25) is 0 Å². The Kier molecular flexibility index (Phi) is 5.34. The summed E-state index contributed by atoms with van der Waals surface area (Å²) in [4.78, 5) is 17.0. The summed E-state index contributed by atoms with van der Waals surface area (Å²) in [5, 5.41) is 8.49. The number of hydrogen-bond donors (Lipinski definition) is 0. The Morgan fingerprint density at radius 3 is 2.60 bits per heavy atom.